The molecule has 0 unspecified atom stereocenters. The molecule has 0 aliphatic carbocycles. The van der Waals surface area contributed by atoms with Crippen LogP contribution in [0.15, 0.2) is 0 Å². The summed E-state index contributed by atoms with van der Waals surface area (Å²) < 4.78 is 0. The second-order valence-electron chi connectivity index (χ2n) is 2.78. The van der Waals surface area contributed by atoms with Crippen molar-refractivity contribution < 1.29 is 4.79 Å². The van der Waals surface area contributed by atoms with Crippen LogP contribution < -0.4 is 0 Å². The molecule has 0 aromatic heterocycles. The van der Waals surface area contributed by atoms with E-state index in [0.29, 0.717) is 12.5 Å². The number of likely N-dealkylation sites (N-methyl/N-ethyl adjacent to an activating group) is 1. The lowest BCUT2D eigenvalue weighted by Gasteiger charge is -2.14. The predicted octanol–water partition coefficient (Wildman–Crippen LogP) is 0.773. The van der Waals surface area contributed by atoms with E-state index < -0.39 is 0 Å². The van der Waals surface area contributed by atoms with Crippen LogP contribution in [0.1, 0.15) is 13.8 Å². The molecule has 0 amide bonds. The second kappa shape index (κ2) is 4.50. The zero-order valence-electron chi connectivity index (χ0n) is 6.42. The number of carbonyl (C=O) groups is 1. The Morgan fingerprint density at radius 2 is 2.11 bits per heavy atom. The summed E-state index contributed by atoms with van der Waals surface area (Å²) in [6.07, 6.45) is 0.933. The van der Waals surface area contributed by atoms with Crippen LogP contribution in [0.4, 0.5) is 0 Å². The van der Waals surface area contributed by atoms with Crippen molar-refractivity contribution in [2.24, 2.45) is 5.92 Å². The Kier molecular flexibility index (Phi) is 4.32. The van der Waals surface area contributed by atoms with Gasteiger partial charge in [-0.3, -0.25) is 4.90 Å². The van der Waals surface area contributed by atoms with E-state index in [1.54, 1.807) is 0 Å². The minimum atomic E-state index is 0.554. The van der Waals surface area contributed by atoms with Gasteiger partial charge in [0.2, 0.25) is 0 Å². The van der Waals surface area contributed by atoms with Crippen molar-refractivity contribution in [1.82, 2.24) is 4.90 Å². The van der Waals surface area contributed by atoms with Gasteiger partial charge >= 0.3 is 0 Å². The van der Waals surface area contributed by atoms with Gasteiger partial charge in [-0.05, 0) is 13.0 Å². The van der Waals surface area contributed by atoms with Gasteiger partial charge in [-0.15, -0.1) is 0 Å². The molecule has 0 aliphatic rings. The second-order valence-corrected chi connectivity index (χ2v) is 2.78. The third kappa shape index (κ3) is 5.50. The van der Waals surface area contributed by atoms with Gasteiger partial charge in [-0.25, -0.2) is 0 Å². The Hall–Kier alpha value is -0.370. The SMILES string of the molecule is CC(C)CN(C)CC=O. The molecule has 0 heterocycles. The van der Waals surface area contributed by atoms with Crippen molar-refractivity contribution in [1.29, 1.82) is 0 Å². The fraction of sp³-hybridized carbons (Fsp3) is 0.857. The molecule has 0 atom stereocenters. The van der Waals surface area contributed by atoms with E-state index in [0.717, 1.165) is 12.8 Å². The van der Waals surface area contributed by atoms with Crippen LogP contribution in [0.25, 0.3) is 0 Å². The van der Waals surface area contributed by atoms with Crippen molar-refractivity contribution in [3.05, 3.63) is 0 Å². The molecule has 0 saturated carbocycles. The monoisotopic (exact) mass is 129 g/mol. The molecule has 2 heteroatoms. The summed E-state index contributed by atoms with van der Waals surface area (Å²) in [5.41, 5.74) is 0. The number of hydrogen-bond donors (Lipinski definition) is 0. The van der Waals surface area contributed by atoms with Gasteiger partial charge in [0.25, 0.3) is 0 Å². The summed E-state index contributed by atoms with van der Waals surface area (Å²) in [7, 11) is 1.95. The van der Waals surface area contributed by atoms with Gasteiger partial charge in [-0.2, -0.15) is 0 Å². The third-order valence-electron chi connectivity index (χ3n) is 1.06. The van der Waals surface area contributed by atoms with Crippen molar-refractivity contribution in [3.63, 3.8) is 0 Å². The van der Waals surface area contributed by atoms with Crippen LogP contribution in [0.5, 0.6) is 0 Å². The molecule has 0 fully saturated rings. The van der Waals surface area contributed by atoms with E-state index >= 15 is 0 Å². The fourth-order valence-electron chi connectivity index (χ4n) is 0.825. The van der Waals surface area contributed by atoms with Crippen LogP contribution in [0, 0.1) is 5.92 Å². The van der Waals surface area contributed by atoms with E-state index in [1.165, 1.54) is 0 Å². The van der Waals surface area contributed by atoms with E-state index in [2.05, 4.69) is 13.8 Å². The average molecular weight is 129 g/mol. The first-order valence-electron chi connectivity index (χ1n) is 3.29. The molecule has 0 aliphatic heterocycles. The zero-order chi connectivity index (χ0) is 7.28. The summed E-state index contributed by atoms with van der Waals surface area (Å²) in [4.78, 5) is 12.0. The maximum atomic E-state index is 9.96. The molecule has 0 N–H and O–H groups in total. The van der Waals surface area contributed by atoms with E-state index in [-0.39, 0.29) is 0 Å². The lowest BCUT2D eigenvalue weighted by atomic mass is 10.2. The van der Waals surface area contributed by atoms with Crippen LogP contribution in [-0.2, 0) is 4.79 Å². The zero-order valence-corrected chi connectivity index (χ0v) is 6.42. The minimum Gasteiger partial charge on any atom is -0.302 e. The lowest BCUT2D eigenvalue weighted by molar-refractivity contribution is -0.108. The number of rotatable bonds is 4. The predicted molar refractivity (Wildman–Crippen MR) is 38.4 cm³/mol. The standard InChI is InChI=1S/C7H15NO/c1-7(2)6-8(3)4-5-9/h5,7H,4,6H2,1-3H3. The summed E-state index contributed by atoms with van der Waals surface area (Å²) in [5.74, 6) is 0.648. The largest absolute Gasteiger partial charge is 0.302 e. The molecule has 0 saturated heterocycles. The quantitative estimate of drug-likeness (QED) is 0.523. The van der Waals surface area contributed by atoms with Gasteiger partial charge in [0.1, 0.15) is 6.29 Å². The molecule has 0 rings (SSSR count). The number of aldehydes is 1. The van der Waals surface area contributed by atoms with Crippen molar-refractivity contribution in [2.75, 3.05) is 20.1 Å². The number of carbonyl (C=O) groups excluding carboxylic acids is 1. The van der Waals surface area contributed by atoms with Crippen LogP contribution in [0.3, 0.4) is 0 Å². The molecular weight excluding hydrogens is 114 g/mol. The number of hydrogen-bond acceptors (Lipinski definition) is 2. The van der Waals surface area contributed by atoms with Crippen LogP contribution in [-0.4, -0.2) is 31.3 Å². The molecule has 54 valence electrons. The van der Waals surface area contributed by atoms with Crippen LogP contribution >= 0.6 is 0 Å². The van der Waals surface area contributed by atoms with Gasteiger partial charge in [0.15, 0.2) is 0 Å². The van der Waals surface area contributed by atoms with Gasteiger partial charge in [-0.1, -0.05) is 13.8 Å². The van der Waals surface area contributed by atoms with Crippen molar-refractivity contribution in [3.8, 4) is 0 Å². The first kappa shape index (κ1) is 8.63. The highest BCUT2D eigenvalue weighted by Gasteiger charge is 1.98. The molecule has 2 nitrogen and oxygen atoms in total. The van der Waals surface area contributed by atoms with Gasteiger partial charge in [0, 0.05) is 6.54 Å². The minimum absolute atomic E-state index is 0.554. The highest BCUT2D eigenvalue weighted by atomic mass is 16.1. The van der Waals surface area contributed by atoms with E-state index in [9.17, 15) is 4.79 Å². The fourth-order valence-corrected chi connectivity index (χ4v) is 0.825. The van der Waals surface area contributed by atoms with Crippen molar-refractivity contribution >= 4 is 6.29 Å². The Bertz CT molecular complexity index is 81.0. The summed E-state index contributed by atoms with van der Waals surface area (Å²) in [5, 5.41) is 0. The highest BCUT2D eigenvalue weighted by molar-refractivity contribution is 5.51. The summed E-state index contributed by atoms with van der Waals surface area (Å²) in [6.45, 7) is 5.83. The van der Waals surface area contributed by atoms with Gasteiger partial charge < -0.3 is 4.79 Å². The highest BCUT2D eigenvalue weighted by Crippen LogP contribution is 1.93. The molecule has 0 aromatic rings. The van der Waals surface area contributed by atoms with E-state index in [4.69, 9.17) is 0 Å². The maximum Gasteiger partial charge on any atom is 0.133 e. The first-order chi connectivity index (χ1) is 4.16. The number of nitrogens with zero attached hydrogens (tertiary/aromatic N) is 1. The molecule has 9 heavy (non-hydrogen) atoms. The Morgan fingerprint density at radius 1 is 1.56 bits per heavy atom. The summed E-state index contributed by atoms with van der Waals surface area (Å²) in [6, 6.07) is 0. The topological polar surface area (TPSA) is 20.3 Å². The molecule has 0 radical (unpaired) electrons. The molecule has 0 aromatic carbocycles. The van der Waals surface area contributed by atoms with Crippen molar-refractivity contribution in [2.45, 2.75) is 13.8 Å². The first-order valence-corrected chi connectivity index (χ1v) is 3.29. The Morgan fingerprint density at radius 3 is 2.44 bits per heavy atom. The molecular formula is C7H15NO. The average Bonchev–Trinajstić information content (AvgIpc) is 1.63. The van der Waals surface area contributed by atoms with Gasteiger partial charge in [0.05, 0.1) is 6.54 Å². The molecule has 0 bridgehead atoms. The lowest BCUT2D eigenvalue weighted by Crippen LogP contribution is -2.24. The maximum absolute atomic E-state index is 9.96. The molecule has 0 spiro atoms. The normalized spacial score (nSPS) is 10.8. The third-order valence-corrected chi connectivity index (χ3v) is 1.06. The summed E-state index contributed by atoms with van der Waals surface area (Å²) >= 11 is 0. The smallest absolute Gasteiger partial charge is 0.133 e. The van der Waals surface area contributed by atoms with E-state index in [1.807, 2.05) is 11.9 Å². The van der Waals surface area contributed by atoms with Crippen LogP contribution in [0.2, 0.25) is 0 Å². The Balaban J connectivity index is 3.25. The Labute approximate surface area is 56.9 Å².